The molecule has 6 heteroatoms. The normalized spacial score (nSPS) is 10.9. The van der Waals surface area contributed by atoms with Gasteiger partial charge in [-0.25, -0.2) is 4.98 Å². The summed E-state index contributed by atoms with van der Waals surface area (Å²) in [6.45, 7) is 6.25. The maximum absolute atomic E-state index is 6.18. The Kier molecular flexibility index (Phi) is 5.91. The number of para-hydroxylation sites is 1. The third kappa shape index (κ3) is 4.37. The molecule has 1 aromatic carbocycles. The van der Waals surface area contributed by atoms with Crippen LogP contribution in [0.2, 0.25) is 10.0 Å². The first-order valence-electron chi connectivity index (χ1n) is 6.94. The van der Waals surface area contributed by atoms with Crippen molar-refractivity contribution < 1.29 is 4.74 Å². The maximum Gasteiger partial charge on any atom is 0.207 e. The van der Waals surface area contributed by atoms with Gasteiger partial charge in [0.25, 0.3) is 0 Å². The highest BCUT2D eigenvalue weighted by Crippen LogP contribution is 2.32. The number of anilines is 2. The number of benzene rings is 1. The number of hydrogen-bond acceptors (Lipinski definition) is 3. The molecule has 114 valence electrons. The molecule has 0 unspecified atom stereocenters. The number of aryl methyl sites for hydroxylation is 2. The van der Waals surface area contributed by atoms with Gasteiger partial charge in [0.1, 0.15) is 0 Å². The molecule has 2 rings (SSSR count). The Labute approximate surface area is 135 Å². The standard InChI is InChI=1S/C15H19Cl2N3O/c1-3-21-9-5-8-20-10-11(2)18-15(20)19-14-12(16)6-4-7-13(14)17/h4,6-7,10H,3,5,8-9H2,1-2H3,(H,18,19). The number of nitrogens with zero attached hydrogens (tertiary/aromatic N) is 2. The number of hydrogen-bond donors (Lipinski definition) is 1. The summed E-state index contributed by atoms with van der Waals surface area (Å²) >= 11 is 12.4. The van der Waals surface area contributed by atoms with Crippen LogP contribution >= 0.6 is 23.2 Å². The molecule has 0 bridgehead atoms. The van der Waals surface area contributed by atoms with E-state index in [1.165, 1.54) is 0 Å². The lowest BCUT2D eigenvalue weighted by Crippen LogP contribution is -2.06. The van der Waals surface area contributed by atoms with Crippen molar-refractivity contribution in [3.8, 4) is 0 Å². The largest absolute Gasteiger partial charge is 0.382 e. The number of halogens is 2. The van der Waals surface area contributed by atoms with Crippen LogP contribution in [-0.4, -0.2) is 22.8 Å². The van der Waals surface area contributed by atoms with Crippen LogP contribution in [0.15, 0.2) is 24.4 Å². The molecule has 0 aliphatic heterocycles. The van der Waals surface area contributed by atoms with Crippen molar-refractivity contribution in [1.29, 1.82) is 0 Å². The van der Waals surface area contributed by atoms with Crippen LogP contribution in [-0.2, 0) is 11.3 Å². The van der Waals surface area contributed by atoms with Gasteiger partial charge in [0.15, 0.2) is 0 Å². The SMILES string of the molecule is CCOCCCn1cc(C)nc1Nc1c(Cl)cccc1Cl. The molecule has 0 radical (unpaired) electrons. The van der Waals surface area contributed by atoms with Gasteiger partial charge in [-0.15, -0.1) is 0 Å². The third-order valence-electron chi connectivity index (χ3n) is 2.99. The van der Waals surface area contributed by atoms with Crippen LogP contribution in [0.1, 0.15) is 19.0 Å². The molecule has 0 saturated carbocycles. The Bertz CT molecular complexity index is 578. The van der Waals surface area contributed by atoms with E-state index in [9.17, 15) is 0 Å². The Morgan fingerprint density at radius 2 is 2.00 bits per heavy atom. The van der Waals surface area contributed by atoms with E-state index < -0.39 is 0 Å². The van der Waals surface area contributed by atoms with Crippen LogP contribution in [0.4, 0.5) is 11.6 Å². The van der Waals surface area contributed by atoms with Gasteiger partial charge in [0, 0.05) is 26.0 Å². The molecule has 21 heavy (non-hydrogen) atoms. The van der Waals surface area contributed by atoms with Crippen LogP contribution < -0.4 is 5.32 Å². The minimum absolute atomic E-state index is 0.573. The van der Waals surface area contributed by atoms with Crippen molar-refractivity contribution in [3.05, 3.63) is 40.1 Å². The van der Waals surface area contributed by atoms with E-state index in [-0.39, 0.29) is 0 Å². The van der Waals surface area contributed by atoms with Crippen molar-refractivity contribution in [1.82, 2.24) is 9.55 Å². The predicted octanol–water partition coefficient (Wildman–Crippen LogP) is 4.67. The highest BCUT2D eigenvalue weighted by molar-refractivity contribution is 6.39. The second-order valence-corrected chi connectivity index (χ2v) is 5.49. The topological polar surface area (TPSA) is 39.1 Å². The molecular weight excluding hydrogens is 309 g/mol. The number of rotatable bonds is 7. The maximum atomic E-state index is 6.18. The Morgan fingerprint density at radius 3 is 2.67 bits per heavy atom. The summed E-state index contributed by atoms with van der Waals surface area (Å²) in [6.07, 6.45) is 2.92. The Balaban J connectivity index is 2.12. The van der Waals surface area contributed by atoms with Gasteiger partial charge in [-0.3, -0.25) is 0 Å². The molecule has 0 spiro atoms. The van der Waals surface area contributed by atoms with Gasteiger partial charge in [-0.05, 0) is 32.4 Å². The lowest BCUT2D eigenvalue weighted by molar-refractivity contribution is 0.142. The number of nitrogens with one attached hydrogen (secondary N) is 1. The molecule has 0 atom stereocenters. The molecular formula is C15H19Cl2N3O. The van der Waals surface area contributed by atoms with E-state index in [1.54, 1.807) is 12.1 Å². The van der Waals surface area contributed by atoms with Crippen LogP contribution in [0.25, 0.3) is 0 Å². The first kappa shape index (κ1) is 16.1. The molecule has 0 saturated heterocycles. The summed E-state index contributed by atoms with van der Waals surface area (Å²) < 4.78 is 7.41. The third-order valence-corrected chi connectivity index (χ3v) is 3.62. The van der Waals surface area contributed by atoms with Crippen molar-refractivity contribution in [2.45, 2.75) is 26.8 Å². The average molecular weight is 328 g/mol. The summed E-state index contributed by atoms with van der Waals surface area (Å²) in [7, 11) is 0. The minimum Gasteiger partial charge on any atom is -0.382 e. The predicted molar refractivity (Wildman–Crippen MR) is 87.8 cm³/mol. The van der Waals surface area contributed by atoms with E-state index in [0.29, 0.717) is 15.7 Å². The van der Waals surface area contributed by atoms with Gasteiger partial charge < -0.3 is 14.6 Å². The smallest absolute Gasteiger partial charge is 0.207 e. The van der Waals surface area contributed by atoms with Crippen molar-refractivity contribution in [2.75, 3.05) is 18.5 Å². The highest BCUT2D eigenvalue weighted by Gasteiger charge is 2.10. The van der Waals surface area contributed by atoms with Gasteiger partial charge in [0.2, 0.25) is 5.95 Å². The summed E-state index contributed by atoms with van der Waals surface area (Å²) in [5, 5.41) is 4.36. The van der Waals surface area contributed by atoms with Crippen LogP contribution in [0, 0.1) is 6.92 Å². The van der Waals surface area contributed by atoms with Crippen molar-refractivity contribution >= 4 is 34.8 Å². The van der Waals surface area contributed by atoms with Gasteiger partial charge in [-0.2, -0.15) is 0 Å². The molecule has 1 heterocycles. The zero-order valence-corrected chi connectivity index (χ0v) is 13.7. The van der Waals surface area contributed by atoms with Gasteiger partial charge in [-0.1, -0.05) is 29.3 Å². The van der Waals surface area contributed by atoms with E-state index in [1.807, 2.05) is 30.7 Å². The van der Waals surface area contributed by atoms with Gasteiger partial charge in [0.05, 0.1) is 21.4 Å². The van der Waals surface area contributed by atoms with E-state index in [4.69, 9.17) is 27.9 Å². The Morgan fingerprint density at radius 1 is 1.29 bits per heavy atom. The van der Waals surface area contributed by atoms with Crippen LogP contribution in [0.3, 0.4) is 0 Å². The quantitative estimate of drug-likeness (QED) is 0.751. The molecule has 0 amide bonds. The zero-order chi connectivity index (χ0) is 15.2. The Hall–Kier alpha value is -1.23. The van der Waals surface area contributed by atoms with E-state index >= 15 is 0 Å². The molecule has 4 nitrogen and oxygen atoms in total. The average Bonchev–Trinajstić information content (AvgIpc) is 2.79. The molecule has 2 aromatic rings. The molecule has 0 fully saturated rings. The van der Waals surface area contributed by atoms with E-state index in [0.717, 1.165) is 37.8 Å². The fourth-order valence-electron chi connectivity index (χ4n) is 2.03. The number of ether oxygens (including phenoxy) is 1. The second-order valence-electron chi connectivity index (χ2n) is 4.67. The first-order chi connectivity index (χ1) is 10.1. The molecule has 1 aromatic heterocycles. The number of imidazole rings is 1. The minimum atomic E-state index is 0.573. The second kappa shape index (κ2) is 7.69. The summed E-state index contributed by atoms with van der Waals surface area (Å²) in [6, 6.07) is 5.41. The number of aromatic nitrogens is 2. The fourth-order valence-corrected chi connectivity index (χ4v) is 2.52. The summed E-state index contributed by atoms with van der Waals surface area (Å²) in [5.41, 5.74) is 1.62. The summed E-state index contributed by atoms with van der Waals surface area (Å²) in [5.74, 6) is 0.735. The lowest BCUT2D eigenvalue weighted by Gasteiger charge is -2.12. The van der Waals surface area contributed by atoms with Crippen molar-refractivity contribution in [3.63, 3.8) is 0 Å². The monoisotopic (exact) mass is 327 g/mol. The van der Waals surface area contributed by atoms with E-state index in [2.05, 4.69) is 10.3 Å². The van der Waals surface area contributed by atoms with Crippen LogP contribution in [0.5, 0.6) is 0 Å². The molecule has 0 aliphatic rings. The summed E-state index contributed by atoms with van der Waals surface area (Å²) in [4.78, 5) is 4.48. The fraction of sp³-hybridized carbons (Fsp3) is 0.400. The molecule has 0 aliphatic carbocycles. The van der Waals surface area contributed by atoms with Crippen molar-refractivity contribution in [2.24, 2.45) is 0 Å². The van der Waals surface area contributed by atoms with Gasteiger partial charge >= 0.3 is 0 Å². The first-order valence-corrected chi connectivity index (χ1v) is 7.70. The zero-order valence-electron chi connectivity index (χ0n) is 12.2. The highest BCUT2D eigenvalue weighted by atomic mass is 35.5. The lowest BCUT2D eigenvalue weighted by atomic mass is 10.3. The molecule has 1 N–H and O–H groups in total.